The van der Waals surface area contributed by atoms with E-state index in [0.717, 1.165) is 30.8 Å². The Morgan fingerprint density at radius 2 is 1.92 bits per heavy atom. The fraction of sp³-hybridized carbons (Fsp3) is 0.316. The van der Waals surface area contributed by atoms with Crippen molar-refractivity contribution in [1.82, 2.24) is 10.2 Å². The van der Waals surface area contributed by atoms with Crippen LogP contribution in [0.15, 0.2) is 48.5 Å². The Hall–Kier alpha value is -2.20. The molecule has 0 aliphatic carbocycles. The molecular weight excluding hydrogens is 324 g/mol. The van der Waals surface area contributed by atoms with Gasteiger partial charge >= 0.3 is 6.03 Å². The standard InChI is InChI=1S/C19H21ClN2O2/c1-24-18-8-4-15(5-9-18)16-10-11-22(13-16)19(23)21-12-14-2-6-17(20)7-3-14/h2-9,16H,10-13H2,1H3,(H,21,23). The quantitative estimate of drug-likeness (QED) is 0.909. The molecule has 5 heteroatoms. The Morgan fingerprint density at radius 1 is 1.21 bits per heavy atom. The Bertz CT molecular complexity index is 686. The second kappa shape index (κ2) is 7.58. The molecule has 3 rings (SSSR count). The second-order valence-electron chi connectivity index (χ2n) is 5.99. The fourth-order valence-corrected chi connectivity index (χ4v) is 3.11. The zero-order chi connectivity index (χ0) is 16.9. The van der Waals surface area contributed by atoms with Gasteiger partial charge in [-0.15, -0.1) is 0 Å². The highest BCUT2D eigenvalue weighted by Crippen LogP contribution is 2.28. The Labute approximate surface area is 147 Å². The minimum Gasteiger partial charge on any atom is -0.497 e. The lowest BCUT2D eigenvalue weighted by molar-refractivity contribution is 0.208. The fourth-order valence-electron chi connectivity index (χ4n) is 2.98. The van der Waals surface area contributed by atoms with Gasteiger partial charge in [-0.25, -0.2) is 4.79 Å². The second-order valence-corrected chi connectivity index (χ2v) is 6.43. The van der Waals surface area contributed by atoms with Gasteiger partial charge in [-0.1, -0.05) is 35.9 Å². The number of carbonyl (C=O) groups excluding carboxylic acids is 1. The summed E-state index contributed by atoms with van der Waals surface area (Å²) in [4.78, 5) is 14.2. The number of nitrogens with one attached hydrogen (secondary N) is 1. The Morgan fingerprint density at radius 3 is 2.58 bits per heavy atom. The van der Waals surface area contributed by atoms with Crippen molar-refractivity contribution in [3.8, 4) is 5.75 Å². The van der Waals surface area contributed by atoms with Gasteiger partial charge in [0.15, 0.2) is 0 Å². The lowest BCUT2D eigenvalue weighted by Crippen LogP contribution is -2.37. The molecule has 1 aliphatic heterocycles. The van der Waals surface area contributed by atoms with Crippen LogP contribution in [-0.4, -0.2) is 31.1 Å². The number of amides is 2. The van der Waals surface area contributed by atoms with Crippen molar-refractivity contribution >= 4 is 17.6 Å². The average molecular weight is 345 g/mol. The summed E-state index contributed by atoms with van der Waals surface area (Å²) in [5, 5.41) is 3.68. The third kappa shape index (κ3) is 4.01. The van der Waals surface area contributed by atoms with Crippen molar-refractivity contribution in [3.05, 3.63) is 64.7 Å². The van der Waals surface area contributed by atoms with Crippen LogP contribution < -0.4 is 10.1 Å². The van der Waals surface area contributed by atoms with Gasteiger partial charge in [-0.05, 0) is 41.8 Å². The topological polar surface area (TPSA) is 41.6 Å². The van der Waals surface area contributed by atoms with Gasteiger partial charge in [0, 0.05) is 30.6 Å². The van der Waals surface area contributed by atoms with Crippen LogP contribution >= 0.6 is 11.6 Å². The lowest BCUT2D eigenvalue weighted by Gasteiger charge is -2.18. The van der Waals surface area contributed by atoms with E-state index in [2.05, 4.69) is 17.4 Å². The van der Waals surface area contributed by atoms with Crippen molar-refractivity contribution in [2.24, 2.45) is 0 Å². The predicted octanol–water partition coefficient (Wildman–Crippen LogP) is 4.05. The van der Waals surface area contributed by atoms with E-state index in [1.807, 2.05) is 41.3 Å². The minimum absolute atomic E-state index is 0.0130. The molecule has 1 unspecified atom stereocenters. The van der Waals surface area contributed by atoms with E-state index < -0.39 is 0 Å². The van der Waals surface area contributed by atoms with Crippen LogP contribution in [0.2, 0.25) is 5.02 Å². The molecule has 1 aliphatic rings. The first-order valence-corrected chi connectivity index (χ1v) is 8.44. The molecule has 4 nitrogen and oxygen atoms in total. The summed E-state index contributed by atoms with van der Waals surface area (Å²) < 4.78 is 5.19. The van der Waals surface area contributed by atoms with Crippen molar-refractivity contribution in [2.45, 2.75) is 18.9 Å². The number of hydrogen-bond acceptors (Lipinski definition) is 2. The SMILES string of the molecule is COc1ccc(C2CCN(C(=O)NCc3ccc(Cl)cc3)C2)cc1. The molecule has 1 atom stereocenters. The summed E-state index contributed by atoms with van der Waals surface area (Å²) in [5.41, 5.74) is 2.29. The molecular formula is C19H21ClN2O2. The predicted molar refractivity (Wildman–Crippen MR) is 95.6 cm³/mol. The van der Waals surface area contributed by atoms with Crippen LogP contribution in [0.4, 0.5) is 4.79 Å². The number of rotatable bonds is 4. The first-order valence-electron chi connectivity index (χ1n) is 8.07. The third-order valence-electron chi connectivity index (χ3n) is 4.42. The lowest BCUT2D eigenvalue weighted by atomic mass is 9.98. The summed E-state index contributed by atoms with van der Waals surface area (Å²) >= 11 is 5.87. The first kappa shape index (κ1) is 16.7. The summed E-state index contributed by atoms with van der Waals surface area (Å²) in [6.45, 7) is 2.04. The summed E-state index contributed by atoms with van der Waals surface area (Å²) in [7, 11) is 1.66. The number of likely N-dealkylation sites (tertiary alicyclic amines) is 1. The van der Waals surface area contributed by atoms with Gasteiger partial charge < -0.3 is 15.0 Å². The molecule has 0 spiro atoms. The van der Waals surface area contributed by atoms with Gasteiger partial charge in [0.2, 0.25) is 0 Å². The number of urea groups is 1. The highest BCUT2D eigenvalue weighted by atomic mass is 35.5. The van der Waals surface area contributed by atoms with Crippen LogP contribution in [0.1, 0.15) is 23.5 Å². The molecule has 0 saturated carbocycles. The van der Waals surface area contributed by atoms with Gasteiger partial charge in [0.25, 0.3) is 0 Å². The van der Waals surface area contributed by atoms with Gasteiger partial charge in [0.1, 0.15) is 5.75 Å². The molecule has 1 N–H and O–H groups in total. The molecule has 2 aromatic carbocycles. The number of benzene rings is 2. The van der Waals surface area contributed by atoms with Crippen LogP contribution in [0.5, 0.6) is 5.75 Å². The van der Waals surface area contributed by atoms with Gasteiger partial charge in [-0.3, -0.25) is 0 Å². The van der Waals surface area contributed by atoms with Crippen molar-refractivity contribution < 1.29 is 9.53 Å². The highest BCUT2D eigenvalue weighted by molar-refractivity contribution is 6.30. The van der Waals surface area contributed by atoms with E-state index in [1.54, 1.807) is 7.11 Å². The van der Waals surface area contributed by atoms with E-state index in [1.165, 1.54) is 5.56 Å². The minimum atomic E-state index is -0.0130. The molecule has 0 radical (unpaired) electrons. The highest BCUT2D eigenvalue weighted by Gasteiger charge is 2.27. The number of ether oxygens (including phenoxy) is 1. The normalized spacial score (nSPS) is 16.9. The van der Waals surface area contributed by atoms with Gasteiger partial charge in [-0.2, -0.15) is 0 Å². The maximum atomic E-state index is 12.3. The summed E-state index contributed by atoms with van der Waals surface area (Å²) in [6, 6.07) is 15.6. The molecule has 2 aromatic rings. The summed E-state index contributed by atoms with van der Waals surface area (Å²) in [6.07, 6.45) is 0.987. The number of halogens is 1. The zero-order valence-corrected chi connectivity index (χ0v) is 14.4. The number of carbonyl (C=O) groups is 1. The number of hydrogen-bond donors (Lipinski definition) is 1. The number of methoxy groups -OCH3 is 1. The third-order valence-corrected chi connectivity index (χ3v) is 4.67. The van der Waals surface area contributed by atoms with E-state index in [0.29, 0.717) is 17.5 Å². The maximum absolute atomic E-state index is 12.3. The molecule has 1 fully saturated rings. The molecule has 1 heterocycles. The van der Waals surface area contributed by atoms with Crippen LogP contribution in [0, 0.1) is 0 Å². The summed E-state index contributed by atoms with van der Waals surface area (Å²) in [5.74, 6) is 1.24. The molecule has 2 amide bonds. The van der Waals surface area contributed by atoms with Crippen molar-refractivity contribution in [1.29, 1.82) is 0 Å². The van der Waals surface area contributed by atoms with E-state index in [4.69, 9.17) is 16.3 Å². The monoisotopic (exact) mass is 344 g/mol. The molecule has 0 aromatic heterocycles. The first-order chi connectivity index (χ1) is 11.7. The molecule has 0 bridgehead atoms. The number of nitrogens with zero attached hydrogens (tertiary/aromatic N) is 1. The van der Waals surface area contributed by atoms with Crippen LogP contribution in [0.3, 0.4) is 0 Å². The molecule has 126 valence electrons. The largest absolute Gasteiger partial charge is 0.497 e. The van der Waals surface area contributed by atoms with Gasteiger partial charge in [0.05, 0.1) is 7.11 Å². The molecule has 24 heavy (non-hydrogen) atoms. The van der Waals surface area contributed by atoms with Crippen molar-refractivity contribution in [3.63, 3.8) is 0 Å². The average Bonchev–Trinajstić information content (AvgIpc) is 3.11. The van der Waals surface area contributed by atoms with E-state index >= 15 is 0 Å². The van der Waals surface area contributed by atoms with Crippen molar-refractivity contribution in [2.75, 3.05) is 20.2 Å². The zero-order valence-electron chi connectivity index (χ0n) is 13.7. The maximum Gasteiger partial charge on any atom is 0.317 e. The van der Waals surface area contributed by atoms with E-state index in [-0.39, 0.29) is 6.03 Å². The molecule has 1 saturated heterocycles. The van der Waals surface area contributed by atoms with E-state index in [9.17, 15) is 4.79 Å². The smallest absolute Gasteiger partial charge is 0.317 e. The Kier molecular flexibility index (Phi) is 5.26. The van der Waals surface area contributed by atoms with Crippen LogP contribution in [-0.2, 0) is 6.54 Å². The van der Waals surface area contributed by atoms with Crippen LogP contribution in [0.25, 0.3) is 0 Å². The Balaban J connectivity index is 1.52.